The maximum Gasteiger partial charge on any atom is 0.472 e. The highest BCUT2D eigenvalue weighted by Crippen LogP contribution is 2.50. The number of rotatable bonds is 19. The number of imidazole rings is 1. The van der Waals surface area contributed by atoms with E-state index in [1.165, 1.54) is 15.8 Å². The number of nitrogens with one attached hydrogen (secondary N) is 1. The number of nitrogens with zero attached hydrogens (tertiary/aromatic N) is 6. The molecule has 354 valence electrons. The van der Waals surface area contributed by atoms with Crippen molar-refractivity contribution in [1.82, 2.24) is 19.5 Å². The summed E-state index contributed by atoms with van der Waals surface area (Å²) in [6, 6.07) is 44.1. The van der Waals surface area contributed by atoms with Crippen LogP contribution in [0.2, 0.25) is 0 Å². The molecule has 2 aromatic heterocycles. The number of para-hydroxylation sites is 2. The SMILES string of the molecule is CCC(=O)Nc1nc(OC(=O)N(c2ccccc2)c2ccccc2)c2ncn([C@H]3C[C@H](OP(=O)(O)OCCC#N)[C@@H](COC(c4ccccc4)(c4ccc(OC)cc4)c4ccc(OC)cc4)O3)c2n1. The lowest BCUT2D eigenvalue weighted by Crippen LogP contribution is -2.38. The Balaban J connectivity index is 1.19. The normalized spacial score (nSPS) is 16.5. The highest BCUT2D eigenvalue weighted by molar-refractivity contribution is 7.47. The second kappa shape index (κ2) is 21.6. The van der Waals surface area contributed by atoms with Gasteiger partial charge in [0.15, 0.2) is 11.2 Å². The molecule has 3 heterocycles. The first-order chi connectivity index (χ1) is 33.5. The summed E-state index contributed by atoms with van der Waals surface area (Å²) in [4.78, 5) is 53.0. The van der Waals surface area contributed by atoms with Crippen molar-refractivity contribution in [3.63, 3.8) is 0 Å². The van der Waals surface area contributed by atoms with Crippen LogP contribution in [0.4, 0.5) is 22.1 Å². The van der Waals surface area contributed by atoms with Gasteiger partial charge in [0.2, 0.25) is 11.9 Å². The van der Waals surface area contributed by atoms with Gasteiger partial charge in [-0.05, 0) is 65.2 Å². The van der Waals surface area contributed by atoms with Gasteiger partial charge in [0, 0.05) is 12.8 Å². The van der Waals surface area contributed by atoms with Crippen LogP contribution in [0.25, 0.3) is 11.2 Å². The van der Waals surface area contributed by atoms with Crippen molar-refractivity contribution in [2.45, 2.75) is 50.2 Å². The number of carbonyl (C=O) groups excluding carboxylic acids is 2. The van der Waals surface area contributed by atoms with Crippen LogP contribution in [0.1, 0.15) is 49.1 Å². The summed E-state index contributed by atoms with van der Waals surface area (Å²) >= 11 is 0. The van der Waals surface area contributed by atoms with Gasteiger partial charge in [0.05, 0.1) is 57.6 Å². The Morgan fingerprint density at radius 1 is 0.855 bits per heavy atom. The smallest absolute Gasteiger partial charge is 0.472 e. The van der Waals surface area contributed by atoms with Crippen molar-refractivity contribution in [1.29, 1.82) is 5.26 Å². The number of phosphoric acid groups is 1. The third-order valence-electron chi connectivity index (χ3n) is 11.2. The second-order valence-corrected chi connectivity index (χ2v) is 16.9. The molecular formula is C50H48N7O11P. The van der Waals surface area contributed by atoms with Crippen LogP contribution in [0.3, 0.4) is 0 Å². The molecule has 1 aliphatic rings. The maximum atomic E-state index is 14.2. The van der Waals surface area contributed by atoms with E-state index in [-0.39, 0.29) is 55.5 Å². The van der Waals surface area contributed by atoms with Crippen molar-refractivity contribution in [3.05, 3.63) is 163 Å². The molecule has 0 saturated carbocycles. The molecule has 0 radical (unpaired) electrons. The van der Waals surface area contributed by atoms with E-state index in [4.69, 9.17) is 38.0 Å². The van der Waals surface area contributed by atoms with Crippen molar-refractivity contribution in [2.24, 2.45) is 0 Å². The van der Waals surface area contributed by atoms with E-state index < -0.39 is 43.9 Å². The number of aromatic nitrogens is 4. The molecule has 19 heteroatoms. The number of hydrogen-bond acceptors (Lipinski definition) is 14. The van der Waals surface area contributed by atoms with Crippen molar-refractivity contribution in [3.8, 4) is 23.4 Å². The van der Waals surface area contributed by atoms with E-state index in [1.54, 1.807) is 69.7 Å². The Bertz CT molecular complexity index is 2850. The third-order valence-corrected chi connectivity index (χ3v) is 12.3. The number of ether oxygens (including phenoxy) is 5. The monoisotopic (exact) mass is 953 g/mol. The quantitative estimate of drug-likeness (QED) is 0.0438. The summed E-state index contributed by atoms with van der Waals surface area (Å²) in [6.45, 7) is 1.06. The minimum Gasteiger partial charge on any atom is -0.497 e. The predicted octanol–water partition coefficient (Wildman–Crippen LogP) is 9.24. The van der Waals surface area contributed by atoms with E-state index in [9.17, 15) is 19.0 Å². The molecule has 69 heavy (non-hydrogen) atoms. The highest BCUT2D eigenvalue weighted by atomic mass is 31.2. The van der Waals surface area contributed by atoms with Crippen molar-refractivity contribution in [2.75, 3.05) is 37.7 Å². The number of hydrogen-bond donors (Lipinski definition) is 2. The topological polar surface area (TPSA) is 219 Å². The summed E-state index contributed by atoms with van der Waals surface area (Å²) in [7, 11) is -1.65. The lowest BCUT2D eigenvalue weighted by Gasteiger charge is -2.37. The number of benzene rings is 5. The molecule has 0 bridgehead atoms. The van der Waals surface area contributed by atoms with Crippen LogP contribution in [0, 0.1) is 11.3 Å². The Hall–Kier alpha value is -7.49. The van der Waals surface area contributed by atoms with Crippen molar-refractivity contribution < 1.29 is 51.8 Å². The van der Waals surface area contributed by atoms with Gasteiger partial charge < -0.3 is 28.6 Å². The number of amides is 2. The largest absolute Gasteiger partial charge is 0.497 e. The van der Waals surface area contributed by atoms with Gasteiger partial charge in [-0.2, -0.15) is 15.2 Å². The first-order valence-electron chi connectivity index (χ1n) is 21.9. The molecule has 1 saturated heterocycles. The summed E-state index contributed by atoms with van der Waals surface area (Å²) < 4.78 is 57.0. The lowest BCUT2D eigenvalue weighted by atomic mass is 9.80. The molecule has 1 fully saturated rings. The fourth-order valence-electron chi connectivity index (χ4n) is 7.91. The molecule has 0 spiro atoms. The molecule has 8 rings (SSSR count). The van der Waals surface area contributed by atoms with Crippen LogP contribution in [0.5, 0.6) is 17.4 Å². The Labute approximate surface area is 397 Å². The third kappa shape index (κ3) is 10.8. The van der Waals surface area contributed by atoms with Gasteiger partial charge in [-0.25, -0.2) is 19.2 Å². The van der Waals surface area contributed by atoms with E-state index in [2.05, 4.69) is 20.3 Å². The molecule has 18 nitrogen and oxygen atoms in total. The summed E-state index contributed by atoms with van der Waals surface area (Å²) in [6.07, 6.45) is -2.85. The van der Waals surface area contributed by atoms with Gasteiger partial charge in [0.1, 0.15) is 35.5 Å². The highest BCUT2D eigenvalue weighted by Gasteiger charge is 2.46. The average Bonchev–Trinajstić information content (AvgIpc) is 3.99. The summed E-state index contributed by atoms with van der Waals surface area (Å²) in [5.74, 6) is 0.374. The van der Waals surface area contributed by atoms with Crippen LogP contribution >= 0.6 is 7.82 Å². The summed E-state index contributed by atoms with van der Waals surface area (Å²) in [5.41, 5.74) is 2.02. The van der Waals surface area contributed by atoms with E-state index >= 15 is 0 Å². The van der Waals surface area contributed by atoms with E-state index in [0.29, 0.717) is 22.9 Å². The molecule has 4 atom stereocenters. The van der Waals surface area contributed by atoms with Crippen LogP contribution in [-0.2, 0) is 33.5 Å². The van der Waals surface area contributed by atoms with E-state index in [0.717, 1.165) is 16.7 Å². The molecule has 5 aromatic carbocycles. The van der Waals surface area contributed by atoms with Gasteiger partial charge in [-0.1, -0.05) is 97.9 Å². The number of methoxy groups -OCH3 is 2. The van der Waals surface area contributed by atoms with Gasteiger partial charge in [-0.15, -0.1) is 0 Å². The summed E-state index contributed by atoms with van der Waals surface area (Å²) in [5, 5.41) is 11.8. The Morgan fingerprint density at radius 3 is 1.97 bits per heavy atom. The number of anilines is 3. The zero-order valence-electron chi connectivity index (χ0n) is 37.8. The van der Waals surface area contributed by atoms with Gasteiger partial charge in [0.25, 0.3) is 5.88 Å². The molecule has 2 amide bonds. The fraction of sp³-hybridized carbons (Fsp3) is 0.240. The lowest BCUT2D eigenvalue weighted by molar-refractivity contribution is -0.115. The average molecular weight is 954 g/mol. The first-order valence-corrected chi connectivity index (χ1v) is 23.4. The molecule has 7 aromatic rings. The van der Waals surface area contributed by atoms with Gasteiger partial charge >= 0.3 is 13.9 Å². The first kappa shape index (κ1) is 48.0. The Morgan fingerprint density at radius 2 is 1.42 bits per heavy atom. The zero-order valence-corrected chi connectivity index (χ0v) is 38.7. The number of fused-ring (bicyclic) bond motifs is 1. The minimum absolute atomic E-state index is 0.0365. The Kier molecular flexibility index (Phi) is 15.0. The second-order valence-electron chi connectivity index (χ2n) is 15.5. The van der Waals surface area contributed by atoms with Crippen molar-refractivity contribution >= 4 is 48.3 Å². The van der Waals surface area contributed by atoms with Crippen LogP contribution in [-0.4, -0.2) is 76.1 Å². The number of nitriles is 1. The number of phosphoric ester groups is 1. The minimum atomic E-state index is -4.80. The van der Waals surface area contributed by atoms with Crippen LogP contribution in [0.15, 0.2) is 146 Å². The molecular weight excluding hydrogens is 906 g/mol. The molecule has 0 aliphatic carbocycles. The van der Waals surface area contributed by atoms with E-state index in [1.807, 2.05) is 97.1 Å². The predicted molar refractivity (Wildman–Crippen MR) is 253 cm³/mol. The van der Waals surface area contributed by atoms with Gasteiger partial charge in [-0.3, -0.25) is 23.7 Å². The molecule has 1 aliphatic heterocycles. The number of carbonyl (C=O) groups is 2. The van der Waals surface area contributed by atoms with Crippen LogP contribution < -0.4 is 24.4 Å². The maximum absolute atomic E-state index is 14.2. The molecule has 1 unspecified atom stereocenters. The fourth-order valence-corrected chi connectivity index (χ4v) is 8.85. The molecule has 2 N–H and O–H groups in total. The zero-order chi connectivity index (χ0) is 48.4. The standard InChI is InChI=1S/C50H48N7O11P/c1-4-43(58)53-48-54-46-45(47(55-48)67-49(59)57(37-17-10-6-11-18-37)38-19-12-7-13-20-38)52-33-56(46)44-31-41(68-69(60,61)65-30-14-29-51)42(66-44)32-64-50(34-15-8-5-9-16-34,35-21-25-39(62-2)26-22-35)36-23-27-40(63-3)28-24-36/h5-13,15-28,33,41-42,44H,4,14,30-32H2,1-3H3,(H,60,61)(H,53,54,55,58)/t41-,42+,44+/m0/s1.